The molecule has 130 valence electrons. The van der Waals surface area contributed by atoms with E-state index >= 15 is 0 Å². The highest BCUT2D eigenvalue weighted by molar-refractivity contribution is 5.96. The van der Waals surface area contributed by atoms with Gasteiger partial charge in [-0.15, -0.1) is 0 Å². The Morgan fingerprint density at radius 1 is 0.920 bits per heavy atom. The molecule has 0 aliphatic carbocycles. The summed E-state index contributed by atoms with van der Waals surface area (Å²) in [6.07, 6.45) is -0.275. The third kappa shape index (κ3) is 4.35. The van der Waals surface area contributed by atoms with Gasteiger partial charge in [-0.25, -0.2) is 4.98 Å². The molecule has 4 nitrogen and oxygen atoms in total. The zero-order chi connectivity index (χ0) is 17.5. The zero-order valence-corrected chi connectivity index (χ0v) is 14.7. The van der Waals surface area contributed by atoms with Crippen molar-refractivity contribution < 1.29 is 9.47 Å². The van der Waals surface area contributed by atoms with Crippen molar-refractivity contribution in [3.8, 4) is 11.1 Å². The van der Waals surface area contributed by atoms with Gasteiger partial charge in [-0.3, -0.25) is 0 Å². The molecule has 0 radical (unpaired) electrons. The number of anilines is 1. The Balaban J connectivity index is 1.91. The predicted molar refractivity (Wildman–Crippen MR) is 103 cm³/mol. The van der Waals surface area contributed by atoms with E-state index < -0.39 is 0 Å². The molecule has 0 spiro atoms. The van der Waals surface area contributed by atoms with Crippen molar-refractivity contribution >= 4 is 16.7 Å². The van der Waals surface area contributed by atoms with Crippen molar-refractivity contribution in [3.63, 3.8) is 0 Å². The van der Waals surface area contributed by atoms with Crippen molar-refractivity contribution in [2.45, 2.75) is 20.1 Å². The first-order valence-corrected chi connectivity index (χ1v) is 8.74. The predicted octanol–water partition coefficient (Wildman–Crippen LogP) is 4.71. The Morgan fingerprint density at radius 2 is 1.60 bits per heavy atom. The van der Waals surface area contributed by atoms with Gasteiger partial charge in [0.05, 0.1) is 12.1 Å². The van der Waals surface area contributed by atoms with Gasteiger partial charge in [0.1, 0.15) is 5.82 Å². The molecule has 1 N–H and O–H groups in total. The minimum absolute atomic E-state index is 0.275. The summed E-state index contributed by atoms with van der Waals surface area (Å²) in [4.78, 5) is 4.73. The summed E-state index contributed by atoms with van der Waals surface area (Å²) < 4.78 is 11.2. The van der Waals surface area contributed by atoms with Crippen LogP contribution in [0.25, 0.3) is 22.0 Å². The van der Waals surface area contributed by atoms with Crippen LogP contribution >= 0.6 is 0 Å². The van der Waals surface area contributed by atoms with Gasteiger partial charge in [-0.2, -0.15) is 0 Å². The summed E-state index contributed by atoms with van der Waals surface area (Å²) in [6, 6.07) is 20.7. The van der Waals surface area contributed by atoms with Crippen LogP contribution in [-0.2, 0) is 9.47 Å². The van der Waals surface area contributed by atoms with E-state index in [9.17, 15) is 0 Å². The number of benzene rings is 2. The first-order valence-electron chi connectivity index (χ1n) is 8.74. The number of para-hydroxylation sites is 1. The number of nitrogens with one attached hydrogen (secondary N) is 1. The quantitative estimate of drug-likeness (QED) is 0.605. The lowest BCUT2D eigenvalue weighted by Gasteiger charge is -2.18. The molecular weight excluding hydrogens is 312 g/mol. The van der Waals surface area contributed by atoms with E-state index in [1.54, 1.807) is 0 Å². The maximum Gasteiger partial charge on any atom is 0.174 e. The van der Waals surface area contributed by atoms with E-state index in [1.807, 2.05) is 38.1 Å². The molecule has 0 amide bonds. The standard InChI is InChI=1S/C21H24N2O2/c1-3-24-21(25-4-2)15-22-20-14-18(16-10-6-5-7-11-16)17-12-8-9-13-19(17)23-20/h5-14,21H,3-4,15H2,1-2H3,(H,22,23). The van der Waals surface area contributed by atoms with E-state index in [0.717, 1.165) is 22.3 Å². The molecule has 0 fully saturated rings. The lowest BCUT2D eigenvalue weighted by atomic mass is 10.0. The molecule has 4 heteroatoms. The molecule has 2 aromatic carbocycles. The summed E-state index contributed by atoms with van der Waals surface area (Å²) in [5, 5.41) is 4.50. The van der Waals surface area contributed by atoms with Crippen molar-refractivity contribution in [2.24, 2.45) is 0 Å². The second-order valence-corrected chi connectivity index (χ2v) is 5.66. The summed E-state index contributed by atoms with van der Waals surface area (Å²) in [6.45, 7) is 5.72. The number of nitrogens with zero attached hydrogens (tertiary/aromatic N) is 1. The van der Waals surface area contributed by atoms with Gasteiger partial charge in [0.2, 0.25) is 0 Å². The van der Waals surface area contributed by atoms with Crippen molar-refractivity contribution in [1.29, 1.82) is 0 Å². The Bertz CT molecular complexity index is 799. The van der Waals surface area contributed by atoms with Gasteiger partial charge < -0.3 is 14.8 Å². The third-order valence-corrected chi connectivity index (χ3v) is 3.96. The number of rotatable bonds is 8. The largest absolute Gasteiger partial charge is 0.365 e. The molecule has 0 aliphatic rings. The smallest absolute Gasteiger partial charge is 0.174 e. The molecule has 1 aromatic heterocycles. The van der Waals surface area contributed by atoms with E-state index in [2.05, 4.69) is 41.7 Å². The number of fused-ring (bicyclic) bond motifs is 1. The second kappa shape index (κ2) is 8.60. The molecule has 3 aromatic rings. The van der Waals surface area contributed by atoms with Crippen molar-refractivity contribution in [1.82, 2.24) is 4.98 Å². The van der Waals surface area contributed by atoms with Crippen LogP contribution in [0.1, 0.15) is 13.8 Å². The summed E-state index contributed by atoms with van der Waals surface area (Å²) >= 11 is 0. The van der Waals surface area contributed by atoms with E-state index in [0.29, 0.717) is 19.8 Å². The van der Waals surface area contributed by atoms with Crippen LogP contribution in [0.4, 0.5) is 5.82 Å². The molecule has 0 unspecified atom stereocenters. The van der Waals surface area contributed by atoms with Gasteiger partial charge in [0, 0.05) is 18.6 Å². The molecule has 0 bridgehead atoms. The summed E-state index contributed by atoms with van der Waals surface area (Å²) in [5.41, 5.74) is 3.31. The fourth-order valence-corrected chi connectivity index (χ4v) is 2.85. The lowest BCUT2D eigenvalue weighted by molar-refractivity contribution is -0.126. The Hall–Kier alpha value is -2.43. The highest BCUT2D eigenvalue weighted by atomic mass is 16.7. The van der Waals surface area contributed by atoms with Crippen LogP contribution in [0.3, 0.4) is 0 Å². The Kier molecular flexibility index (Phi) is 5.99. The summed E-state index contributed by atoms with van der Waals surface area (Å²) in [5.74, 6) is 0.821. The fraction of sp³-hybridized carbons (Fsp3) is 0.286. The molecule has 25 heavy (non-hydrogen) atoms. The Morgan fingerprint density at radius 3 is 2.32 bits per heavy atom. The van der Waals surface area contributed by atoms with Gasteiger partial charge in [-0.05, 0) is 37.1 Å². The van der Waals surface area contributed by atoms with E-state index in [1.165, 1.54) is 5.56 Å². The molecule has 0 aliphatic heterocycles. The van der Waals surface area contributed by atoms with Crippen LogP contribution in [0.5, 0.6) is 0 Å². The molecular formula is C21H24N2O2. The maximum absolute atomic E-state index is 5.59. The van der Waals surface area contributed by atoms with Crippen molar-refractivity contribution in [2.75, 3.05) is 25.1 Å². The van der Waals surface area contributed by atoms with Crippen LogP contribution in [0.2, 0.25) is 0 Å². The maximum atomic E-state index is 5.59. The van der Waals surface area contributed by atoms with Gasteiger partial charge in [0.15, 0.2) is 6.29 Å². The van der Waals surface area contributed by atoms with Crippen LogP contribution < -0.4 is 5.32 Å². The number of pyridine rings is 1. The average molecular weight is 336 g/mol. The van der Waals surface area contributed by atoms with Gasteiger partial charge in [0.25, 0.3) is 0 Å². The number of hydrogen-bond acceptors (Lipinski definition) is 4. The summed E-state index contributed by atoms with van der Waals surface area (Å²) in [7, 11) is 0. The topological polar surface area (TPSA) is 43.4 Å². The van der Waals surface area contributed by atoms with Crippen LogP contribution in [0, 0.1) is 0 Å². The molecule has 1 heterocycles. The molecule has 0 saturated carbocycles. The highest BCUT2D eigenvalue weighted by Crippen LogP contribution is 2.30. The first kappa shape index (κ1) is 17.4. The fourth-order valence-electron chi connectivity index (χ4n) is 2.85. The Labute approximate surface area is 148 Å². The molecule has 3 rings (SSSR count). The zero-order valence-electron chi connectivity index (χ0n) is 14.7. The SMILES string of the molecule is CCOC(CNc1cc(-c2ccccc2)c2ccccc2n1)OCC. The second-order valence-electron chi connectivity index (χ2n) is 5.66. The highest BCUT2D eigenvalue weighted by Gasteiger charge is 2.11. The normalized spacial score (nSPS) is 11.2. The monoisotopic (exact) mass is 336 g/mol. The van der Waals surface area contributed by atoms with E-state index in [-0.39, 0.29) is 6.29 Å². The van der Waals surface area contributed by atoms with E-state index in [4.69, 9.17) is 14.5 Å². The number of hydrogen-bond donors (Lipinski definition) is 1. The van der Waals surface area contributed by atoms with Crippen LogP contribution in [0.15, 0.2) is 60.7 Å². The minimum atomic E-state index is -0.275. The van der Waals surface area contributed by atoms with Crippen molar-refractivity contribution in [3.05, 3.63) is 60.7 Å². The minimum Gasteiger partial charge on any atom is -0.365 e. The molecule has 0 saturated heterocycles. The van der Waals surface area contributed by atoms with Crippen LogP contribution in [-0.4, -0.2) is 31.0 Å². The van der Waals surface area contributed by atoms with Gasteiger partial charge in [-0.1, -0.05) is 48.5 Å². The number of ether oxygens (including phenoxy) is 2. The lowest BCUT2D eigenvalue weighted by Crippen LogP contribution is -2.26. The first-order chi connectivity index (χ1) is 12.3. The average Bonchev–Trinajstić information content (AvgIpc) is 2.66. The molecule has 0 atom stereocenters. The van der Waals surface area contributed by atoms with Gasteiger partial charge >= 0.3 is 0 Å². The number of aromatic nitrogens is 1. The third-order valence-electron chi connectivity index (χ3n) is 3.96.